The second-order valence-corrected chi connectivity index (χ2v) is 9.54. The second kappa shape index (κ2) is 9.33. The molecule has 1 aliphatic rings. The van der Waals surface area contributed by atoms with Crippen molar-refractivity contribution in [2.45, 2.75) is 6.54 Å². The topological polar surface area (TPSA) is 87.7 Å². The molecule has 3 aromatic carbocycles. The number of nitrogens with zero attached hydrogens (tertiary/aromatic N) is 3. The molecule has 1 fully saturated rings. The number of ether oxygens (including phenoxy) is 2. The molecule has 10 heteroatoms. The van der Waals surface area contributed by atoms with Crippen molar-refractivity contribution in [2.24, 2.45) is 0 Å². The van der Waals surface area contributed by atoms with Gasteiger partial charge in [0.2, 0.25) is 11.6 Å². The number of aromatic nitrogens is 4. The van der Waals surface area contributed by atoms with Gasteiger partial charge in [0.25, 0.3) is 0 Å². The van der Waals surface area contributed by atoms with Crippen LogP contribution < -0.4 is 4.74 Å². The van der Waals surface area contributed by atoms with E-state index >= 15 is 0 Å². The van der Waals surface area contributed by atoms with Gasteiger partial charge < -0.3 is 14.5 Å². The fraction of sp³-hybridized carbons (Fsp3) is 0.172. The maximum Gasteiger partial charge on any atom is 0.214 e. The minimum absolute atomic E-state index is 0.191. The maximum atomic E-state index is 14.1. The van der Waals surface area contributed by atoms with Crippen LogP contribution in [0.3, 0.4) is 0 Å². The van der Waals surface area contributed by atoms with Gasteiger partial charge >= 0.3 is 0 Å². The monoisotopic (exact) mass is 527 g/mol. The van der Waals surface area contributed by atoms with Crippen molar-refractivity contribution in [1.82, 2.24) is 24.5 Å². The number of imidazole rings is 1. The van der Waals surface area contributed by atoms with Crippen LogP contribution in [0.5, 0.6) is 11.5 Å². The standard InChI is InChI=1S/C29H23F2N5O3/c30-21-4-2-6-26(27(21)31)39-18-7-8-25-23(13-18)34-29-20(15-32-36(25)29)28(37)24-14-19-17(3-1-5-22(19)33-24)16-35-9-11-38-12-10-35/h1-8,13-15,32-33H,9-12,16H2. The third-order valence-electron chi connectivity index (χ3n) is 7.09. The van der Waals surface area contributed by atoms with E-state index in [-0.39, 0.29) is 11.5 Å². The smallest absolute Gasteiger partial charge is 0.214 e. The predicted octanol–water partition coefficient (Wildman–Crippen LogP) is 5.43. The van der Waals surface area contributed by atoms with Crippen LogP contribution in [-0.2, 0) is 11.3 Å². The highest BCUT2D eigenvalue weighted by Crippen LogP contribution is 2.30. The van der Waals surface area contributed by atoms with E-state index in [4.69, 9.17) is 9.47 Å². The summed E-state index contributed by atoms with van der Waals surface area (Å²) in [5.41, 5.74) is 4.63. The van der Waals surface area contributed by atoms with E-state index < -0.39 is 11.6 Å². The zero-order valence-electron chi connectivity index (χ0n) is 20.7. The molecule has 1 saturated heterocycles. The predicted molar refractivity (Wildman–Crippen MR) is 141 cm³/mol. The molecule has 2 N–H and O–H groups in total. The first-order chi connectivity index (χ1) is 19.0. The number of rotatable bonds is 6. The summed E-state index contributed by atoms with van der Waals surface area (Å²) < 4.78 is 40.4. The van der Waals surface area contributed by atoms with Crippen molar-refractivity contribution in [1.29, 1.82) is 0 Å². The number of halogens is 2. The number of H-pyrrole nitrogens is 2. The average molecular weight is 528 g/mol. The molecule has 196 valence electrons. The number of hydrogen-bond donors (Lipinski definition) is 2. The lowest BCUT2D eigenvalue weighted by molar-refractivity contribution is 0.0344. The minimum atomic E-state index is -1.06. The molecule has 1 aliphatic heterocycles. The van der Waals surface area contributed by atoms with E-state index in [0.29, 0.717) is 33.7 Å². The van der Waals surface area contributed by atoms with Crippen molar-refractivity contribution in [3.05, 3.63) is 95.3 Å². The molecule has 3 aromatic heterocycles. The van der Waals surface area contributed by atoms with E-state index in [1.54, 1.807) is 28.9 Å². The SMILES string of the molecule is O=C(c1cc2c(CN3CCOCC3)cccc2[nH]1)c1c[nH]n2c1nc1cc(Oc3cccc(F)c3F)ccc12. The molecular formula is C29H23F2N5O3. The van der Waals surface area contributed by atoms with Crippen LogP contribution in [-0.4, -0.2) is 56.6 Å². The highest BCUT2D eigenvalue weighted by Gasteiger charge is 2.21. The number of hydrogen-bond acceptors (Lipinski definition) is 5. The molecule has 8 nitrogen and oxygen atoms in total. The Morgan fingerprint density at radius 2 is 1.90 bits per heavy atom. The summed E-state index contributed by atoms with van der Waals surface area (Å²) in [4.78, 5) is 23.9. The van der Waals surface area contributed by atoms with Crippen LogP contribution in [0.4, 0.5) is 8.78 Å². The summed E-state index contributed by atoms with van der Waals surface area (Å²) >= 11 is 0. The zero-order chi connectivity index (χ0) is 26.5. The number of morpholine rings is 1. The Morgan fingerprint density at radius 3 is 2.77 bits per heavy atom. The summed E-state index contributed by atoms with van der Waals surface area (Å²) in [6.07, 6.45) is 1.64. The van der Waals surface area contributed by atoms with E-state index in [2.05, 4.69) is 26.0 Å². The average Bonchev–Trinajstić information content (AvgIpc) is 3.65. The second-order valence-electron chi connectivity index (χ2n) is 9.54. The molecular weight excluding hydrogens is 504 g/mol. The van der Waals surface area contributed by atoms with E-state index in [1.165, 1.54) is 12.1 Å². The van der Waals surface area contributed by atoms with Gasteiger partial charge in [0.15, 0.2) is 17.2 Å². The summed E-state index contributed by atoms with van der Waals surface area (Å²) in [6.45, 7) is 4.00. The number of carbonyl (C=O) groups is 1. The van der Waals surface area contributed by atoms with Crippen molar-refractivity contribution in [3.8, 4) is 11.5 Å². The largest absolute Gasteiger partial charge is 0.454 e. The highest BCUT2D eigenvalue weighted by atomic mass is 19.2. The van der Waals surface area contributed by atoms with Crippen LogP contribution in [0.2, 0.25) is 0 Å². The first-order valence-corrected chi connectivity index (χ1v) is 12.6. The maximum absolute atomic E-state index is 14.1. The van der Waals surface area contributed by atoms with Crippen molar-refractivity contribution in [3.63, 3.8) is 0 Å². The lowest BCUT2D eigenvalue weighted by Crippen LogP contribution is -2.35. The van der Waals surface area contributed by atoms with Crippen LogP contribution >= 0.6 is 0 Å². The Labute approximate surface area is 220 Å². The summed E-state index contributed by atoms with van der Waals surface area (Å²) in [6, 6.07) is 16.7. The van der Waals surface area contributed by atoms with Gasteiger partial charge in [0, 0.05) is 42.8 Å². The fourth-order valence-electron chi connectivity index (χ4n) is 5.11. The van der Waals surface area contributed by atoms with Crippen molar-refractivity contribution >= 4 is 33.4 Å². The summed E-state index contributed by atoms with van der Waals surface area (Å²) in [7, 11) is 0. The van der Waals surface area contributed by atoms with Crippen molar-refractivity contribution < 1.29 is 23.0 Å². The van der Waals surface area contributed by atoms with Gasteiger partial charge in [-0.25, -0.2) is 13.9 Å². The molecule has 4 heterocycles. The third kappa shape index (κ3) is 4.14. The highest BCUT2D eigenvalue weighted by molar-refractivity contribution is 6.14. The Kier molecular flexibility index (Phi) is 5.64. The number of nitrogens with one attached hydrogen (secondary N) is 2. The Morgan fingerprint density at radius 1 is 1.05 bits per heavy atom. The van der Waals surface area contributed by atoms with Gasteiger partial charge in [-0.05, 0) is 42.0 Å². The van der Waals surface area contributed by atoms with Crippen LogP contribution in [0.15, 0.2) is 66.9 Å². The van der Waals surface area contributed by atoms with Gasteiger partial charge in [-0.15, -0.1) is 0 Å². The fourth-order valence-corrected chi connectivity index (χ4v) is 5.11. The molecule has 0 unspecified atom stereocenters. The van der Waals surface area contributed by atoms with Crippen LogP contribution in [0.1, 0.15) is 21.6 Å². The number of ketones is 1. The van der Waals surface area contributed by atoms with Gasteiger partial charge in [-0.1, -0.05) is 18.2 Å². The number of aromatic amines is 2. The molecule has 0 atom stereocenters. The number of benzene rings is 3. The first-order valence-electron chi connectivity index (χ1n) is 12.6. The molecule has 7 rings (SSSR count). The normalized spacial score (nSPS) is 14.5. The summed E-state index contributed by atoms with van der Waals surface area (Å²) in [5, 5.41) is 4.11. The van der Waals surface area contributed by atoms with Gasteiger partial charge in [0.1, 0.15) is 5.75 Å². The first kappa shape index (κ1) is 23.6. The van der Waals surface area contributed by atoms with Gasteiger partial charge in [-0.2, -0.15) is 4.39 Å². The number of carbonyl (C=O) groups excluding carboxylic acids is 1. The molecule has 0 aliphatic carbocycles. The van der Waals surface area contributed by atoms with E-state index in [9.17, 15) is 13.6 Å². The lowest BCUT2D eigenvalue weighted by atomic mass is 10.1. The van der Waals surface area contributed by atoms with E-state index in [1.807, 2.05) is 18.2 Å². The van der Waals surface area contributed by atoms with Crippen molar-refractivity contribution in [2.75, 3.05) is 26.3 Å². The molecule has 0 saturated carbocycles. The van der Waals surface area contributed by atoms with E-state index in [0.717, 1.165) is 55.4 Å². The third-order valence-corrected chi connectivity index (χ3v) is 7.09. The van der Waals surface area contributed by atoms with Crippen LogP contribution in [0.25, 0.3) is 27.6 Å². The zero-order valence-corrected chi connectivity index (χ0v) is 20.7. The molecule has 0 radical (unpaired) electrons. The van der Waals surface area contributed by atoms with Crippen LogP contribution in [0, 0.1) is 11.6 Å². The Bertz CT molecular complexity index is 1870. The summed E-state index contributed by atoms with van der Waals surface area (Å²) in [5.74, 6) is -2.17. The Hall–Kier alpha value is -4.54. The Balaban J connectivity index is 1.21. The molecule has 0 spiro atoms. The van der Waals surface area contributed by atoms with Gasteiger partial charge in [0.05, 0.1) is 35.5 Å². The lowest BCUT2D eigenvalue weighted by Gasteiger charge is -2.26. The molecule has 39 heavy (non-hydrogen) atoms. The number of fused-ring (bicyclic) bond motifs is 4. The quantitative estimate of drug-likeness (QED) is 0.282. The minimum Gasteiger partial charge on any atom is -0.454 e. The molecule has 6 aromatic rings. The molecule has 0 bridgehead atoms. The molecule has 0 amide bonds. The van der Waals surface area contributed by atoms with Gasteiger partial charge in [-0.3, -0.25) is 14.8 Å².